The minimum Gasteiger partial charge on any atom is -0.383 e. The number of hydrogen-bond donors (Lipinski definition) is 2. The summed E-state index contributed by atoms with van der Waals surface area (Å²) >= 11 is 0. The van der Waals surface area contributed by atoms with Gasteiger partial charge >= 0.3 is 5.69 Å². The summed E-state index contributed by atoms with van der Waals surface area (Å²) in [6, 6.07) is 4.64. The highest BCUT2D eigenvalue weighted by Crippen LogP contribution is 2.35. The Labute approximate surface area is 121 Å². The Bertz CT molecular complexity index is 590. The van der Waals surface area contributed by atoms with E-state index in [1.54, 1.807) is 19.2 Å². The molecule has 3 atom stereocenters. The summed E-state index contributed by atoms with van der Waals surface area (Å²) < 4.78 is 5.68. The molecule has 3 rings (SSSR count). The third kappa shape index (κ3) is 2.44. The van der Waals surface area contributed by atoms with Crippen LogP contribution in [0.1, 0.15) is 29.6 Å². The number of nitrogens with zero attached hydrogens (tertiary/aromatic N) is 1. The van der Waals surface area contributed by atoms with Crippen LogP contribution in [-0.2, 0) is 4.74 Å². The number of amides is 1. The Morgan fingerprint density at radius 1 is 1.43 bits per heavy atom. The van der Waals surface area contributed by atoms with Crippen LogP contribution in [0.15, 0.2) is 18.2 Å². The van der Waals surface area contributed by atoms with Crippen LogP contribution < -0.4 is 10.6 Å². The van der Waals surface area contributed by atoms with Crippen molar-refractivity contribution in [2.24, 2.45) is 0 Å². The number of para-hydroxylation sites is 1. The van der Waals surface area contributed by atoms with E-state index >= 15 is 0 Å². The molecule has 112 valence electrons. The van der Waals surface area contributed by atoms with Crippen molar-refractivity contribution in [3.8, 4) is 0 Å². The number of nitro groups is 1. The van der Waals surface area contributed by atoms with Crippen molar-refractivity contribution in [1.29, 1.82) is 0 Å². The molecule has 2 N–H and O–H groups in total. The molecule has 7 heteroatoms. The molecular weight excluding hydrogens is 274 g/mol. The number of carbonyl (C=O) groups is 1. The van der Waals surface area contributed by atoms with E-state index in [1.165, 1.54) is 6.07 Å². The number of fused-ring (bicyclic) bond motifs is 2. The van der Waals surface area contributed by atoms with Gasteiger partial charge in [0.25, 0.3) is 5.91 Å². The highest BCUT2D eigenvalue weighted by atomic mass is 16.6. The number of ether oxygens (including phenoxy) is 1. The zero-order chi connectivity index (χ0) is 15.0. The van der Waals surface area contributed by atoms with Crippen LogP contribution in [-0.4, -0.2) is 36.1 Å². The molecule has 0 aliphatic carbocycles. The van der Waals surface area contributed by atoms with E-state index in [0.717, 1.165) is 19.3 Å². The van der Waals surface area contributed by atoms with Crippen LogP contribution in [0.2, 0.25) is 0 Å². The molecule has 2 fully saturated rings. The van der Waals surface area contributed by atoms with Gasteiger partial charge in [-0.2, -0.15) is 0 Å². The first-order valence-corrected chi connectivity index (χ1v) is 7.01. The summed E-state index contributed by atoms with van der Waals surface area (Å²) in [6.45, 7) is 0. The summed E-state index contributed by atoms with van der Waals surface area (Å²) in [5, 5.41) is 16.9. The van der Waals surface area contributed by atoms with Gasteiger partial charge in [0.05, 0.1) is 23.2 Å². The molecule has 2 aliphatic heterocycles. The lowest BCUT2D eigenvalue weighted by Gasteiger charge is -2.20. The zero-order valence-corrected chi connectivity index (χ0v) is 11.7. The first kappa shape index (κ1) is 13.8. The molecule has 1 aromatic rings. The van der Waals surface area contributed by atoms with Crippen molar-refractivity contribution in [2.45, 2.75) is 37.5 Å². The van der Waals surface area contributed by atoms with E-state index < -0.39 is 10.8 Å². The lowest BCUT2D eigenvalue weighted by atomic mass is 9.95. The van der Waals surface area contributed by atoms with Gasteiger partial charge in [-0.15, -0.1) is 0 Å². The van der Waals surface area contributed by atoms with Gasteiger partial charge in [0, 0.05) is 7.05 Å². The summed E-state index contributed by atoms with van der Waals surface area (Å²) in [5.74, 6) is -0.417. The predicted octanol–water partition coefficient (Wildman–Crippen LogP) is 1.69. The zero-order valence-electron chi connectivity index (χ0n) is 11.7. The molecule has 0 aromatic heterocycles. The molecule has 1 amide bonds. The fourth-order valence-electron chi connectivity index (χ4n) is 3.16. The Balaban J connectivity index is 1.83. The molecule has 21 heavy (non-hydrogen) atoms. The monoisotopic (exact) mass is 291 g/mol. The van der Waals surface area contributed by atoms with Crippen LogP contribution >= 0.6 is 0 Å². The first-order chi connectivity index (χ1) is 10.1. The first-order valence-electron chi connectivity index (χ1n) is 7.01. The summed E-state index contributed by atoms with van der Waals surface area (Å²) in [4.78, 5) is 23.1. The van der Waals surface area contributed by atoms with Crippen LogP contribution in [0, 0.1) is 10.1 Å². The molecule has 0 saturated carbocycles. The van der Waals surface area contributed by atoms with Gasteiger partial charge in [0.15, 0.2) is 0 Å². The van der Waals surface area contributed by atoms with Crippen molar-refractivity contribution in [1.82, 2.24) is 5.32 Å². The summed E-state index contributed by atoms with van der Waals surface area (Å²) in [6.07, 6.45) is 3.03. The minimum absolute atomic E-state index is 0.0467. The van der Waals surface area contributed by atoms with Crippen molar-refractivity contribution in [3.05, 3.63) is 33.9 Å². The molecule has 0 spiro atoms. The quantitative estimate of drug-likeness (QED) is 0.650. The normalized spacial score (nSPS) is 26.6. The van der Waals surface area contributed by atoms with Crippen LogP contribution in [0.4, 0.5) is 11.4 Å². The van der Waals surface area contributed by atoms with E-state index in [0.29, 0.717) is 5.69 Å². The van der Waals surface area contributed by atoms with E-state index in [2.05, 4.69) is 10.6 Å². The highest BCUT2D eigenvalue weighted by molar-refractivity contribution is 6.00. The molecule has 2 heterocycles. The fraction of sp³-hybridized carbons (Fsp3) is 0.500. The van der Waals surface area contributed by atoms with E-state index in [9.17, 15) is 14.9 Å². The van der Waals surface area contributed by atoms with Gasteiger partial charge in [0.1, 0.15) is 11.3 Å². The van der Waals surface area contributed by atoms with E-state index in [-0.39, 0.29) is 29.5 Å². The second-order valence-electron chi connectivity index (χ2n) is 5.40. The third-order valence-electron chi connectivity index (χ3n) is 4.16. The van der Waals surface area contributed by atoms with E-state index in [1.807, 2.05) is 0 Å². The van der Waals surface area contributed by atoms with Crippen molar-refractivity contribution >= 4 is 17.3 Å². The number of hydrogen-bond acceptors (Lipinski definition) is 5. The second kappa shape index (κ2) is 5.33. The smallest absolute Gasteiger partial charge is 0.305 e. The second-order valence-corrected chi connectivity index (χ2v) is 5.40. The maximum Gasteiger partial charge on any atom is 0.305 e. The number of nitrogens with one attached hydrogen (secondary N) is 2. The Morgan fingerprint density at radius 2 is 2.24 bits per heavy atom. The summed E-state index contributed by atoms with van der Waals surface area (Å²) in [5.41, 5.74) is 0.216. The topological polar surface area (TPSA) is 93.5 Å². The van der Waals surface area contributed by atoms with Gasteiger partial charge in [-0.25, -0.2) is 0 Å². The van der Waals surface area contributed by atoms with Crippen LogP contribution in [0.3, 0.4) is 0 Å². The molecule has 0 radical (unpaired) electrons. The standard InChI is InChI=1S/C14H17N3O4/c1-15-10-4-2-3-9(13(10)17(19)20)14(18)16-11-7-8-5-6-12(11)21-8/h2-4,8,11-12,15H,5-7H2,1H3,(H,16,18). The third-order valence-corrected chi connectivity index (χ3v) is 4.16. The average Bonchev–Trinajstić information content (AvgIpc) is 3.08. The fourth-order valence-corrected chi connectivity index (χ4v) is 3.16. The highest BCUT2D eigenvalue weighted by Gasteiger charge is 2.42. The number of benzene rings is 1. The van der Waals surface area contributed by atoms with E-state index in [4.69, 9.17) is 4.74 Å². The average molecular weight is 291 g/mol. The predicted molar refractivity (Wildman–Crippen MR) is 76.4 cm³/mol. The number of carbonyl (C=O) groups excluding carboxylic acids is 1. The lowest BCUT2D eigenvalue weighted by molar-refractivity contribution is -0.384. The van der Waals surface area contributed by atoms with Crippen molar-refractivity contribution in [3.63, 3.8) is 0 Å². The largest absolute Gasteiger partial charge is 0.383 e. The Kier molecular flexibility index (Phi) is 3.50. The van der Waals surface area contributed by atoms with Gasteiger partial charge in [-0.3, -0.25) is 14.9 Å². The molecule has 7 nitrogen and oxygen atoms in total. The van der Waals surface area contributed by atoms with Crippen molar-refractivity contribution < 1.29 is 14.5 Å². The van der Waals surface area contributed by atoms with Crippen LogP contribution in [0.25, 0.3) is 0 Å². The molecule has 1 aromatic carbocycles. The Morgan fingerprint density at radius 3 is 2.81 bits per heavy atom. The SMILES string of the molecule is CNc1cccc(C(=O)NC2CC3CCC2O3)c1[N+](=O)[O-]. The molecule has 2 aliphatic rings. The molecular formula is C14H17N3O4. The van der Waals surface area contributed by atoms with Gasteiger partial charge in [0.2, 0.25) is 0 Å². The van der Waals surface area contributed by atoms with Gasteiger partial charge < -0.3 is 15.4 Å². The number of rotatable bonds is 4. The molecule has 2 saturated heterocycles. The van der Waals surface area contributed by atoms with Gasteiger partial charge in [-0.05, 0) is 31.4 Å². The molecule has 2 bridgehead atoms. The van der Waals surface area contributed by atoms with Crippen molar-refractivity contribution in [2.75, 3.05) is 12.4 Å². The lowest BCUT2D eigenvalue weighted by Crippen LogP contribution is -2.41. The Hall–Kier alpha value is -2.15. The molecule has 3 unspecified atom stereocenters. The number of anilines is 1. The maximum absolute atomic E-state index is 12.4. The summed E-state index contributed by atoms with van der Waals surface area (Å²) in [7, 11) is 1.59. The van der Waals surface area contributed by atoms with Gasteiger partial charge in [-0.1, -0.05) is 6.07 Å². The van der Waals surface area contributed by atoms with Crippen LogP contribution in [0.5, 0.6) is 0 Å². The number of nitro benzene ring substituents is 1. The maximum atomic E-state index is 12.4. The minimum atomic E-state index is -0.530.